The summed E-state index contributed by atoms with van der Waals surface area (Å²) in [4.78, 5) is 49.4. The van der Waals surface area contributed by atoms with Crippen LogP contribution in [0.15, 0.2) is 109 Å². The van der Waals surface area contributed by atoms with Gasteiger partial charge in [-0.1, -0.05) is 114 Å². The number of esters is 1. The molecule has 1 atom stereocenters. The molecule has 0 saturated heterocycles. The van der Waals surface area contributed by atoms with Crippen molar-refractivity contribution in [1.82, 2.24) is 10.5 Å². The molecule has 1 N–H and O–H groups in total. The van der Waals surface area contributed by atoms with Crippen molar-refractivity contribution in [2.24, 2.45) is 0 Å². The van der Waals surface area contributed by atoms with Crippen LogP contribution >= 0.6 is 0 Å². The van der Waals surface area contributed by atoms with Gasteiger partial charge in [-0.15, -0.1) is 0 Å². The van der Waals surface area contributed by atoms with E-state index in [-0.39, 0.29) is 12.5 Å². The molecular formula is C34H32N2O7. The van der Waals surface area contributed by atoms with Gasteiger partial charge >= 0.3 is 12.1 Å². The highest BCUT2D eigenvalue weighted by Gasteiger charge is 2.33. The number of hydrogen-bond donors (Lipinski definition) is 1. The molecule has 220 valence electrons. The van der Waals surface area contributed by atoms with Crippen molar-refractivity contribution in [3.05, 3.63) is 131 Å². The number of hydrogen-bond acceptors (Lipinski definition) is 7. The average Bonchev–Trinajstić information content (AvgIpc) is 3.37. The number of benzene rings is 4. The maximum Gasteiger partial charge on any atom is 0.407 e. The lowest BCUT2D eigenvalue weighted by atomic mass is 9.98. The number of nitrogens with one attached hydrogen (secondary N) is 1. The fourth-order valence-electron chi connectivity index (χ4n) is 5.29. The second-order valence-electron chi connectivity index (χ2n) is 9.88. The highest BCUT2D eigenvalue weighted by atomic mass is 16.9. The normalized spacial score (nSPS) is 12.6. The maximum atomic E-state index is 13.3. The predicted molar refractivity (Wildman–Crippen MR) is 158 cm³/mol. The van der Waals surface area contributed by atoms with E-state index in [1.807, 2.05) is 109 Å². The van der Waals surface area contributed by atoms with Crippen molar-refractivity contribution in [1.29, 1.82) is 0 Å². The molecule has 0 fully saturated rings. The summed E-state index contributed by atoms with van der Waals surface area (Å²) < 4.78 is 11.5. The maximum absolute atomic E-state index is 13.3. The number of rotatable bonds is 11. The number of amides is 2. The van der Waals surface area contributed by atoms with Gasteiger partial charge in [0.25, 0.3) is 5.91 Å². The average molecular weight is 581 g/mol. The summed E-state index contributed by atoms with van der Waals surface area (Å²) in [5.74, 6) is -1.71. The highest BCUT2D eigenvalue weighted by molar-refractivity contribution is 5.88. The van der Waals surface area contributed by atoms with Crippen molar-refractivity contribution in [2.75, 3.05) is 20.8 Å². The van der Waals surface area contributed by atoms with Crippen LogP contribution in [0.1, 0.15) is 40.7 Å². The van der Waals surface area contributed by atoms with Gasteiger partial charge in [0.05, 0.1) is 20.6 Å². The smallest absolute Gasteiger partial charge is 0.407 e. The predicted octanol–water partition coefficient (Wildman–Crippen LogP) is 5.57. The number of nitrogens with zero attached hydrogens (tertiary/aromatic N) is 1. The van der Waals surface area contributed by atoms with Crippen molar-refractivity contribution in [2.45, 2.75) is 24.5 Å². The van der Waals surface area contributed by atoms with E-state index in [1.165, 1.54) is 14.2 Å². The lowest BCUT2D eigenvalue weighted by Crippen LogP contribution is -2.49. The monoisotopic (exact) mass is 580 g/mol. The molecule has 1 aliphatic carbocycles. The number of fused-ring (bicyclic) bond motifs is 3. The van der Waals surface area contributed by atoms with E-state index in [0.717, 1.165) is 33.4 Å². The topological polar surface area (TPSA) is 103 Å². The van der Waals surface area contributed by atoms with Gasteiger partial charge in [0.2, 0.25) is 0 Å². The SMILES string of the molecule is CON(OC)C(=O)C(CC(=O)OC(c1ccccc1)c1ccccc1)NC(=O)OCC1c2ccccc2-c2ccccc21. The molecule has 43 heavy (non-hydrogen) atoms. The fourth-order valence-corrected chi connectivity index (χ4v) is 5.29. The Bertz CT molecular complexity index is 1470. The van der Waals surface area contributed by atoms with E-state index < -0.39 is 36.5 Å². The number of carbonyl (C=O) groups is 3. The van der Waals surface area contributed by atoms with Gasteiger partial charge in [-0.05, 0) is 33.4 Å². The van der Waals surface area contributed by atoms with Crippen molar-refractivity contribution < 1.29 is 33.5 Å². The highest BCUT2D eigenvalue weighted by Crippen LogP contribution is 2.44. The van der Waals surface area contributed by atoms with Gasteiger partial charge in [-0.3, -0.25) is 9.59 Å². The fraction of sp³-hybridized carbons (Fsp3) is 0.206. The zero-order valence-corrected chi connectivity index (χ0v) is 23.8. The van der Waals surface area contributed by atoms with E-state index in [9.17, 15) is 14.4 Å². The summed E-state index contributed by atoms with van der Waals surface area (Å²) in [5, 5.41) is 3.09. The minimum absolute atomic E-state index is 0.0353. The van der Waals surface area contributed by atoms with Gasteiger partial charge in [0.1, 0.15) is 12.6 Å². The van der Waals surface area contributed by atoms with Gasteiger partial charge in [-0.2, -0.15) is 0 Å². The minimum atomic E-state index is -1.39. The van der Waals surface area contributed by atoms with E-state index >= 15 is 0 Å². The van der Waals surface area contributed by atoms with Gasteiger partial charge in [0.15, 0.2) is 6.10 Å². The molecule has 0 radical (unpaired) electrons. The standard InChI is InChI=1S/C34H32N2O7/c1-40-36(41-2)33(38)30(21-31(37)43-32(23-13-5-3-6-14-23)24-15-7-4-8-16-24)35-34(39)42-22-29-27-19-11-9-17-25(27)26-18-10-12-20-28(26)29/h3-20,29-30,32H,21-22H2,1-2H3,(H,35,39). The first kappa shape index (κ1) is 29.5. The first-order valence-corrected chi connectivity index (χ1v) is 13.8. The van der Waals surface area contributed by atoms with Crippen LogP contribution in [0.3, 0.4) is 0 Å². The van der Waals surface area contributed by atoms with Crippen molar-refractivity contribution >= 4 is 18.0 Å². The lowest BCUT2D eigenvalue weighted by Gasteiger charge is -2.24. The van der Waals surface area contributed by atoms with Gasteiger partial charge in [0, 0.05) is 5.92 Å². The number of carbonyl (C=O) groups excluding carboxylic acids is 3. The molecule has 0 spiro atoms. The Morgan fingerprint density at radius 3 is 1.72 bits per heavy atom. The second kappa shape index (κ2) is 13.8. The van der Waals surface area contributed by atoms with Crippen LogP contribution in [0.2, 0.25) is 0 Å². The molecule has 4 aromatic rings. The molecule has 9 heteroatoms. The molecule has 0 aromatic heterocycles. The molecule has 4 aromatic carbocycles. The molecule has 1 unspecified atom stereocenters. The Hall–Kier alpha value is -4.99. The quantitative estimate of drug-likeness (QED) is 0.183. The van der Waals surface area contributed by atoms with Crippen LogP contribution in [-0.2, 0) is 28.7 Å². The number of ether oxygens (including phenoxy) is 2. The van der Waals surface area contributed by atoms with E-state index in [2.05, 4.69) is 5.32 Å². The summed E-state index contributed by atoms with van der Waals surface area (Å²) in [6.07, 6.45) is -2.09. The summed E-state index contributed by atoms with van der Waals surface area (Å²) in [5.41, 5.74) is 5.78. The Kier molecular flexibility index (Phi) is 9.46. The van der Waals surface area contributed by atoms with E-state index in [0.29, 0.717) is 5.23 Å². The first-order chi connectivity index (χ1) is 21.0. The molecule has 1 aliphatic rings. The Labute approximate surface area is 249 Å². The van der Waals surface area contributed by atoms with Crippen molar-refractivity contribution in [3.8, 4) is 11.1 Å². The molecule has 5 rings (SSSR count). The Morgan fingerprint density at radius 1 is 0.721 bits per heavy atom. The summed E-state index contributed by atoms with van der Waals surface area (Å²) >= 11 is 0. The number of hydroxylamine groups is 2. The summed E-state index contributed by atoms with van der Waals surface area (Å²) in [7, 11) is 2.45. The second-order valence-corrected chi connectivity index (χ2v) is 9.88. The zero-order chi connectivity index (χ0) is 30.2. The lowest BCUT2D eigenvalue weighted by molar-refractivity contribution is -0.318. The van der Waals surface area contributed by atoms with Gasteiger partial charge in [-0.25, -0.2) is 14.5 Å². The van der Waals surface area contributed by atoms with Crippen molar-refractivity contribution in [3.63, 3.8) is 0 Å². The minimum Gasteiger partial charge on any atom is -0.452 e. The Balaban J connectivity index is 1.30. The molecular weight excluding hydrogens is 548 g/mol. The zero-order valence-electron chi connectivity index (χ0n) is 23.8. The molecule has 0 aliphatic heterocycles. The molecule has 2 amide bonds. The Morgan fingerprint density at radius 2 is 1.21 bits per heavy atom. The van der Waals surface area contributed by atoms with E-state index in [4.69, 9.17) is 19.1 Å². The van der Waals surface area contributed by atoms with Crippen LogP contribution in [0.25, 0.3) is 11.1 Å². The summed E-state index contributed by atoms with van der Waals surface area (Å²) in [6, 6.07) is 33.0. The molecule has 9 nitrogen and oxygen atoms in total. The largest absolute Gasteiger partial charge is 0.452 e. The third-order valence-corrected chi connectivity index (χ3v) is 7.27. The third-order valence-electron chi connectivity index (χ3n) is 7.27. The van der Waals surface area contributed by atoms with Crippen LogP contribution in [0.5, 0.6) is 0 Å². The van der Waals surface area contributed by atoms with Crippen LogP contribution in [0.4, 0.5) is 4.79 Å². The van der Waals surface area contributed by atoms with E-state index in [1.54, 1.807) is 0 Å². The van der Waals surface area contributed by atoms with Crippen LogP contribution in [-0.4, -0.2) is 50.1 Å². The first-order valence-electron chi connectivity index (χ1n) is 13.8. The third kappa shape index (κ3) is 6.74. The van der Waals surface area contributed by atoms with Crippen LogP contribution < -0.4 is 5.32 Å². The molecule has 0 saturated carbocycles. The van der Waals surface area contributed by atoms with Crippen LogP contribution in [0, 0.1) is 0 Å². The number of alkyl carbamates (subject to hydrolysis) is 1. The molecule has 0 bridgehead atoms. The summed E-state index contributed by atoms with van der Waals surface area (Å²) in [6.45, 7) is 0.0353. The molecule has 0 heterocycles. The van der Waals surface area contributed by atoms with Gasteiger partial charge < -0.3 is 14.8 Å².